The number of carboxylic acid groups (broad SMARTS) is 1. The number of aliphatic carboxylic acids is 1. The normalized spacial score (nSPS) is 11.4. The van der Waals surface area contributed by atoms with Gasteiger partial charge in [-0.2, -0.15) is 0 Å². The van der Waals surface area contributed by atoms with Gasteiger partial charge < -0.3 is 19.4 Å². The van der Waals surface area contributed by atoms with E-state index in [4.69, 9.17) is 21.1 Å². The van der Waals surface area contributed by atoms with Crippen LogP contribution in [-0.4, -0.2) is 17.1 Å². The van der Waals surface area contributed by atoms with Crippen LogP contribution in [0, 0.1) is 0 Å². The molecule has 0 aliphatic carbocycles. The number of nitrogens with zero attached hydrogens (tertiary/aromatic N) is 1. The van der Waals surface area contributed by atoms with Crippen molar-refractivity contribution in [3.8, 4) is 17.4 Å². The molecule has 7 heteroatoms. The second-order valence-corrected chi connectivity index (χ2v) is 5.58. The monoisotopic (exact) mass is 365 g/mol. The number of pyridine rings is 1. The number of aromatic nitrogens is 1. The van der Waals surface area contributed by atoms with Crippen LogP contribution in [0.2, 0.25) is 5.02 Å². The fraction of sp³-hybridized carbons (Fsp3) is 0.111. The summed E-state index contributed by atoms with van der Waals surface area (Å²) in [7, 11) is 0. The summed E-state index contributed by atoms with van der Waals surface area (Å²) in [6.45, 7) is 1.41. The van der Waals surface area contributed by atoms with Crippen molar-refractivity contribution in [1.82, 2.24) is 4.98 Å². The molecule has 0 unspecified atom stereocenters. The van der Waals surface area contributed by atoms with Crippen LogP contribution in [0.15, 0.2) is 54.6 Å². The molecule has 0 saturated heterocycles. The SMILES string of the molecule is C[C@@H](Oc1ccc(Oc2ccc3ccc(Cl)cc3n2)cc1)C(=O)[O-].[Na+]. The molecule has 3 aromatic rings. The first-order valence-electron chi connectivity index (χ1n) is 7.23. The van der Waals surface area contributed by atoms with E-state index in [0.717, 1.165) is 10.9 Å². The van der Waals surface area contributed by atoms with Gasteiger partial charge in [-0.1, -0.05) is 17.7 Å². The number of halogens is 1. The molecule has 0 N–H and O–H groups in total. The Hall–Kier alpha value is -1.79. The molecule has 1 aromatic heterocycles. The zero-order chi connectivity index (χ0) is 17.1. The molecule has 5 nitrogen and oxygen atoms in total. The molecule has 0 radical (unpaired) electrons. The Bertz CT molecular complexity index is 886. The first-order valence-corrected chi connectivity index (χ1v) is 7.61. The van der Waals surface area contributed by atoms with E-state index in [1.165, 1.54) is 6.92 Å². The number of hydrogen-bond donors (Lipinski definition) is 0. The van der Waals surface area contributed by atoms with Crippen molar-refractivity contribution in [3.63, 3.8) is 0 Å². The van der Waals surface area contributed by atoms with E-state index in [2.05, 4.69) is 4.98 Å². The van der Waals surface area contributed by atoms with Gasteiger partial charge in [0.2, 0.25) is 5.88 Å². The minimum atomic E-state index is -1.27. The standard InChI is InChI=1S/C18H14ClNO4.Na/c1-11(18(21)22)23-14-5-7-15(8-6-14)24-17-9-3-12-2-4-13(19)10-16(12)20-17;/h2-11H,1H3,(H,21,22);/q;+1/p-1/t11-;/m1./s1. The zero-order valence-corrected chi connectivity index (χ0v) is 16.5. The van der Waals surface area contributed by atoms with Crippen molar-refractivity contribution in [2.45, 2.75) is 13.0 Å². The van der Waals surface area contributed by atoms with Crippen LogP contribution < -0.4 is 44.1 Å². The summed E-state index contributed by atoms with van der Waals surface area (Å²) in [5, 5.41) is 12.2. The Morgan fingerprint density at radius 3 is 2.40 bits per heavy atom. The van der Waals surface area contributed by atoms with E-state index in [0.29, 0.717) is 22.4 Å². The van der Waals surface area contributed by atoms with Crippen molar-refractivity contribution in [2.24, 2.45) is 0 Å². The molecule has 25 heavy (non-hydrogen) atoms. The van der Waals surface area contributed by atoms with Crippen LogP contribution in [0.1, 0.15) is 6.92 Å². The molecular formula is C18H13ClNNaO4. The molecular weight excluding hydrogens is 353 g/mol. The smallest absolute Gasteiger partial charge is 0.546 e. The topological polar surface area (TPSA) is 71.5 Å². The van der Waals surface area contributed by atoms with Crippen LogP contribution in [0.25, 0.3) is 10.9 Å². The Morgan fingerprint density at radius 2 is 1.72 bits per heavy atom. The molecule has 3 rings (SSSR count). The summed E-state index contributed by atoms with van der Waals surface area (Å²) in [4.78, 5) is 15.1. The maximum Gasteiger partial charge on any atom is 1.00 e. The zero-order valence-electron chi connectivity index (χ0n) is 13.7. The van der Waals surface area contributed by atoms with Gasteiger partial charge in [-0.05, 0) is 49.4 Å². The third kappa shape index (κ3) is 5.09. The fourth-order valence-corrected chi connectivity index (χ4v) is 2.25. The van der Waals surface area contributed by atoms with Crippen molar-refractivity contribution in [3.05, 3.63) is 59.6 Å². The predicted octanol–water partition coefficient (Wildman–Crippen LogP) is 0.202. The van der Waals surface area contributed by atoms with Gasteiger partial charge in [0.25, 0.3) is 0 Å². The van der Waals surface area contributed by atoms with Crippen molar-refractivity contribution >= 4 is 28.5 Å². The van der Waals surface area contributed by atoms with Gasteiger partial charge in [0.15, 0.2) is 0 Å². The maximum atomic E-state index is 10.7. The minimum absolute atomic E-state index is 0. The minimum Gasteiger partial charge on any atom is -0.546 e. The van der Waals surface area contributed by atoms with Crippen LogP contribution in [0.4, 0.5) is 0 Å². The van der Waals surface area contributed by atoms with E-state index in [9.17, 15) is 9.90 Å². The van der Waals surface area contributed by atoms with Gasteiger partial charge in [0.1, 0.15) is 17.6 Å². The molecule has 1 heterocycles. The second-order valence-electron chi connectivity index (χ2n) is 5.14. The molecule has 1 atom stereocenters. The predicted molar refractivity (Wildman–Crippen MR) is 88.4 cm³/mol. The summed E-state index contributed by atoms with van der Waals surface area (Å²) in [6.07, 6.45) is -1.02. The average molecular weight is 366 g/mol. The molecule has 0 aliphatic rings. The molecule has 0 spiro atoms. The quantitative estimate of drug-likeness (QED) is 0.604. The molecule has 0 amide bonds. The van der Waals surface area contributed by atoms with Crippen LogP contribution in [0.5, 0.6) is 17.4 Å². The van der Waals surface area contributed by atoms with Crippen LogP contribution >= 0.6 is 11.6 Å². The summed E-state index contributed by atoms with van der Waals surface area (Å²) >= 11 is 5.97. The van der Waals surface area contributed by atoms with Gasteiger partial charge in [-0.15, -0.1) is 0 Å². The number of carboxylic acids is 1. The van der Waals surface area contributed by atoms with E-state index >= 15 is 0 Å². The number of carbonyl (C=O) groups excluding carboxylic acids is 1. The number of carbonyl (C=O) groups is 1. The van der Waals surface area contributed by atoms with Gasteiger partial charge in [0.05, 0.1) is 11.5 Å². The number of fused-ring (bicyclic) bond motifs is 1. The number of benzene rings is 2. The first kappa shape index (κ1) is 19.5. The van der Waals surface area contributed by atoms with Crippen LogP contribution in [-0.2, 0) is 4.79 Å². The second kappa shape index (κ2) is 8.54. The number of ether oxygens (including phenoxy) is 2. The van der Waals surface area contributed by atoms with Gasteiger partial charge in [0, 0.05) is 16.5 Å². The van der Waals surface area contributed by atoms with Gasteiger partial charge in [-0.3, -0.25) is 0 Å². The third-order valence-corrected chi connectivity index (χ3v) is 3.55. The Balaban J connectivity index is 0.00000225. The van der Waals surface area contributed by atoms with Gasteiger partial charge >= 0.3 is 29.6 Å². The summed E-state index contributed by atoms with van der Waals surface area (Å²) in [5.41, 5.74) is 0.739. The van der Waals surface area contributed by atoms with Crippen LogP contribution in [0.3, 0.4) is 0 Å². The van der Waals surface area contributed by atoms with Crippen molar-refractivity contribution in [2.75, 3.05) is 0 Å². The first-order chi connectivity index (χ1) is 11.5. The Kier molecular flexibility index (Phi) is 6.67. The molecule has 2 aromatic carbocycles. The fourth-order valence-electron chi connectivity index (χ4n) is 2.09. The summed E-state index contributed by atoms with van der Waals surface area (Å²) in [6, 6.07) is 15.7. The van der Waals surface area contributed by atoms with Crippen molar-refractivity contribution < 1.29 is 48.9 Å². The molecule has 0 fully saturated rings. The molecule has 0 aliphatic heterocycles. The molecule has 0 saturated carbocycles. The molecule has 0 bridgehead atoms. The summed E-state index contributed by atoms with van der Waals surface area (Å²) < 4.78 is 10.9. The Morgan fingerprint density at radius 1 is 1.08 bits per heavy atom. The van der Waals surface area contributed by atoms with E-state index in [1.54, 1.807) is 42.5 Å². The number of hydrogen-bond acceptors (Lipinski definition) is 5. The summed E-state index contributed by atoms with van der Waals surface area (Å²) in [5.74, 6) is 0.130. The van der Waals surface area contributed by atoms with E-state index < -0.39 is 12.1 Å². The van der Waals surface area contributed by atoms with Crippen molar-refractivity contribution in [1.29, 1.82) is 0 Å². The number of rotatable bonds is 5. The molecule has 122 valence electrons. The maximum absolute atomic E-state index is 10.7. The van der Waals surface area contributed by atoms with E-state index in [-0.39, 0.29) is 29.6 Å². The average Bonchev–Trinajstić information content (AvgIpc) is 2.56. The van der Waals surface area contributed by atoms with E-state index in [1.807, 2.05) is 12.1 Å². The Labute approximate surface area is 171 Å². The third-order valence-electron chi connectivity index (χ3n) is 3.32. The largest absolute Gasteiger partial charge is 1.00 e. The van der Waals surface area contributed by atoms with Gasteiger partial charge in [-0.25, -0.2) is 4.98 Å².